The lowest BCUT2D eigenvalue weighted by atomic mass is 10.2. The van der Waals surface area contributed by atoms with Crippen LogP contribution in [0.2, 0.25) is 10.0 Å². The largest absolute Gasteiger partial charge is 0.341 e. The summed E-state index contributed by atoms with van der Waals surface area (Å²) in [4.78, 5) is 16.5. The first-order chi connectivity index (χ1) is 12.3. The van der Waals surface area contributed by atoms with E-state index in [0.717, 1.165) is 25.9 Å². The molecule has 0 bridgehead atoms. The van der Waals surface area contributed by atoms with Crippen LogP contribution in [-0.2, 0) is 14.8 Å². The molecule has 6 nitrogen and oxygen atoms in total. The number of amides is 1. The van der Waals surface area contributed by atoms with E-state index in [1.807, 2.05) is 16.7 Å². The summed E-state index contributed by atoms with van der Waals surface area (Å²) in [7, 11) is -3.71. The predicted octanol–water partition coefficient (Wildman–Crippen LogP) is 2.31. The lowest BCUT2D eigenvalue weighted by Gasteiger charge is -2.37. The van der Waals surface area contributed by atoms with Gasteiger partial charge in [-0.2, -0.15) is 4.31 Å². The molecule has 1 unspecified atom stereocenters. The smallest absolute Gasteiger partial charge is 0.244 e. The Labute approximate surface area is 164 Å². The Morgan fingerprint density at radius 1 is 1.04 bits per heavy atom. The third-order valence-corrected chi connectivity index (χ3v) is 7.72. The van der Waals surface area contributed by atoms with E-state index in [1.54, 1.807) is 6.07 Å². The summed E-state index contributed by atoms with van der Waals surface area (Å²) >= 11 is 12.0. The SMILES string of the molecule is CC(C(=O)N1CCCC1)N1CCN(S(=O)(=O)c2cc(Cl)ccc2Cl)CC1. The van der Waals surface area contributed by atoms with Crippen molar-refractivity contribution in [3.05, 3.63) is 28.2 Å². The third-order valence-electron chi connectivity index (χ3n) is 5.11. The molecule has 0 spiro atoms. The average molecular weight is 420 g/mol. The summed E-state index contributed by atoms with van der Waals surface area (Å²) in [6.45, 7) is 5.22. The summed E-state index contributed by atoms with van der Waals surface area (Å²) in [5.41, 5.74) is 0. The lowest BCUT2D eigenvalue weighted by Crippen LogP contribution is -2.55. The topological polar surface area (TPSA) is 60.9 Å². The molecule has 1 amide bonds. The lowest BCUT2D eigenvalue weighted by molar-refractivity contribution is -0.135. The molecule has 9 heteroatoms. The van der Waals surface area contributed by atoms with Crippen LogP contribution in [0.5, 0.6) is 0 Å². The van der Waals surface area contributed by atoms with E-state index in [0.29, 0.717) is 31.2 Å². The Hall–Kier alpha value is -0.860. The van der Waals surface area contributed by atoms with Gasteiger partial charge in [0.1, 0.15) is 4.90 Å². The molecule has 2 heterocycles. The molecule has 144 valence electrons. The summed E-state index contributed by atoms with van der Waals surface area (Å²) in [5.74, 6) is 0.136. The van der Waals surface area contributed by atoms with Crippen molar-refractivity contribution >= 4 is 39.1 Å². The number of halogens is 2. The number of likely N-dealkylation sites (tertiary alicyclic amines) is 1. The first-order valence-electron chi connectivity index (χ1n) is 8.79. The molecule has 1 aromatic rings. The standard InChI is InChI=1S/C17H23Cl2N3O3S/c1-13(17(23)21-6-2-3-7-21)20-8-10-22(11-9-20)26(24,25)16-12-14(18)4-5-15(16)19/h4-5,12-13H,2-3,6-11H2,1H3. The third kappa shape index (κ3) is 4.02. The van der Waals surface area contributed by atoms with Gasteiger partial charge in [0.2, 0.25) is 15.9 Å². The molecule has 0 radical (unpaired) electrons. The molecule has 26 heavy (non-hydrogen) atoms. The van der Waals surface area contributed by atoms with Gasteiger partial charge in [0.05, 0.1) is 11.1 Å². The van der Waals surface area contributed by atoms with E-state index < -0.39 is 10.0 Å². The Bertz CT molecular complexity index is 773. The first-order valence-corrected chi connectivity index (χ1v) is 11.0. The van der Waals surface area contributed by atoms with Crippen LogP contribution in [0, 0.1) is 0 Å². The van der Waals surface area contributed by atoms with Crippen molar-refractivity contribution in [3.8, 4) is 0 Å². The molecule has 2 fully saturated rings. The highest BCUT2D eigenvalue weighted by atomic mass is 35.5. The predicted molar refractivity (Wildman–Crippen MR) is 102 cm³/mol. The molecule has 1 aromatic carbocycles. The van der Waals surface area contributed by atoms with Gasteiger partial charge in [0, 0.05) is 44.3 Å². The zero-order chi connectivity index (χ0) is 18.9. The van der Waals surface area contributed by atoms with Crippen LogP contribution >= 0.6 is 23.2 Å². The van der Waals surface area contributed by atoms with Crippen molar-refractivity contribution in [2.24, 2.45) is 0 Å². The molecule has 3 rings (SSSR count). The van der Waals surface area contributed by atoms with Gasteiger partial charge in [-0.25, -0.2) is 8.42 Å². The molecule has 2 aliphatic heterocycles. The molecule has 0 aliphatic carbocycles. The van der Waals surface area contributed by atoms with Gasteiger partial charge in [-0.05, 0) is 38.0 Å². The summed E-state index contributed by atoms with van der Waals surface area (Å²) < 4.78 is 27.1. The Morgan fingerprint density at radius 3 is 2.27 bits per heavy atom. The zero-order valence-corrected chi connectivity index (χ0v) is 17.0. The van der Waals surface area contributed by atoms with Gasteiger partial charge < -0.3 is 4.90 Å². The van der Waals surface area contributed by atoms with Crippen molar-refractivity contribution in [2.75, 3.05) is 39.3 Å². The van der Waals surface area contributed by atoms with Crippen molar-refractivity contribution in [3.63, 3.8) is 0 Å². The number of carbonyl (C=O) groups excluding carboxylic acids is 1. The molecule has 0 saturated carbocycles. The number of benzene rings is 1. The Morgan fingerprint density at radius 2 is 1.65 bits per heavy atom. The van der Waals surface area contributed by atoms with E-state index in [-0.39, 0.29) is 21.9 Å². The number of sulfonamides is 1. The average Bonchev–Trinajstić information content (AvgIpc) is 3.17. The summed E-state index contributed by atoms with van der Waals surface area (Å²) in [6, 6.07) is 4.20. The number of rotatable bonds is 4. The van der Waals surface area contributed by atoms with E-state index in [4.69, 9.17) is 23.2 Å². The molecule has 0 aromatic heterocycles. The minimum absolute atomic E-state index is 0.0290. The molecular formula is C17H23Cl2N3O3S. The van der Waals surface area contributed by atoms with Crippen LogP contribution in [0.25, 0.3) is 0 Å². The van der Waals surface area contributed by atoms with Crippen molar-refractivity contribution in [2.45, 2.75) is 30.7 Å². The van der Waals surface area contributed by atoms with Crippen LogP contribution in [0.1, 0.15) is 19.8 Å². The fourth-order valence-corrected chi connectivity index (χ4v) is 5.66. The Balaban J connectivity index is 1.66. The molecule has 0 N–H and O–H groups in total. The molecule has 2 aliphatic rings. The second-order valence-corrected chi connectivity index (χ2v) is 9.47. The second-order valence-electron chi connectivity index (χ2n) is 6.72. The summed E-state index contributed by atoms with van der Waals surface area (Å²) in [5, 5.41) is 0.492. The fraction of sp³-hybridized carbons (Fsp3) is 0.588. The zero-order valence-electron chi connectivity index (χ0n) is 14.7. The van der Waals surface area contributed by atoms with Crippen molar-refractivity contribution < 1.29 is 13.2 Å². The number of nitrogens with zero attached hydrogens (tertiary/aromatic N) is 3. The highest BCUT2D eigenvalue weighted by molar-refractivity contribution is 7.89. The number of piperazine rings is 1. The van der Waals surface area contributed by atoms with Crippen LogP contribution in [0.15, 0.2) is 23.1 Å². The Kier molecular flexibility index (Phi) is 6.14. The van der Waals surface area contributed by atoms with Crippen LogP contribution < -0.4 is 0 Å². The minimum Gasteiger partial charge on any atom is -0.341 e. The normalized spacial score (nSPS) is 21.1. The molecular weight excluding hydrogens is 397 g/mol. The van der Waals surface area contributed by atoms with Gasteiger partial charge in [-0.3, -0.25) is 9.69 Å². The summed E-state index contributed by atoms with van der Waals surface area (Å²) in [6.07, 6.45) is 2.12. The van der Waals surface area contributed by atoms with Gasteiger partial charge in [-0.1, -0.05) is 23.2 Å². The van der Waals surface area contributed by atoms with E-state index >= 15 is 0 Å². The number of carbonyl (C=O) groups is 1. The van der Waals surface area contributed by atoms with Crippen molar-refractivity contribution in [1.29, 1.82) is 0 Å². The van der Waals surface area contributed by atoms with Gasteiger partial charge in [0.25, 0.3) is 0 Å². The van der Waals surface area contributed by atoms with E-state index in [1.165, 1.54) is 16.4 Å². The van der Waals surface area contributed by atoms with Crippen LogP contribution in [0.3, 0.4) is 0 Å². The maximum Gasteiger partial charge on any atom is 0.244 e. The van der Waals surface area contributed by atoms with E-state index in [9.17, 15) is 13.2 Å². The molecule has 1 atom stereocenters. The fourth-order valence-electron chi connectivity index (χ4n) is 3.50. The maximum absolute atomic E-state index is 12.9. The van der Waals surface area contributed by atoms with Crippen LogP contribution in [-0.4, -0.2) is 73.7 Å². The van der Waals surface area contributed by atoms with E-state index in [2.05, 4.69) is 0 Å². The number of hydrogen-bond donors (Lipinski definition) is 0. The van der Waals surface area contributed by atoms with Gasteiger partial charge in [0.15, 0.2) is 0 Å². The molecule has 2 saturated heterocycles. The van der Waals surface area contributed by atoms with Gasteiger partial charge >= 0.3 is 0 Å². The quantitative estimate of drug-likeness (QED) is 0.750. The highest BCUT2D eigenvalue weighted by Crippen LogP contribution is 2.28. The van der Waals surface area contributed by atoms with Crippen molar-refractivity contribution in [1.82, 2.24) is 14.1 Å². The van der Waals surface area contributed by atoms with Crippen LogP contribution in [0.4, 0.5) is 0 Å². The monoisotopic (exact) mass is 419 g/mol. The first kappa shape index (κ1) is 19.9. The minimum atomic E-state index is -3.71. The number of hydrogen-bond acceptors (Lipinski definition) is 4. The second kappa shape index (κ2) is 8.02. The van der Waals surface area contributed by atoms with Gasteiger partial charge in [-0.15, -0.1) is 0 Å². The highest BCUT2D eigenvalue weighted by Gasteiger charge is 2.34. The maximum atomic E-state index is 12.9.